The number of rotatable bonds is 8. The van der Waals surface area contributed by atoms with E-state index in [-0.39, 0.29) is 42.1 Å². The average Bonchev–Trinajstić information content (AvgIpc) is 4.08. The van der Waals surface area contributed by atoms with Gasteiger partial charge in [0.2, 0.25) is 0 Å². The minimum atomic E-state index is 0. The van der Waals surface area contributed by atoms with Crippen LogP contribution in [0.2, 0.25) is 0 Å². The van der Waals surface area contributed by atoms with E-state index in [0.717, 1.165) is 77.7 Å². The molecule has 12 heteroatoms. The summed E-state index contributed by atoms with van der Waals surface area (Å²) in [7, 11) is 0. The van der Waals surface area contributed by atoms with Gasteiger partial charge in [-0.05, 0) is 47.8 Å². The SMILES string of the molecule is [Pt+2].[Pt+2].[c-]1c(Oc2[c-]c3c(cc2)c2c(c4ccc(Oc5[c-]c(-n6ncc7ccccc76)ccc5)[c-]c4n2-c2ccccn2)n3-c2ccccn2)cccc1-n1ncc2ccccc21. The number of aromatic nitrogens is 8. The minimum absolute atomic E-state index is 0. The summed E-state index contributed by atoms with van der Waals surface area (Å²) in [5.41, 5.74) is 6.92. The van der Waals surface area contributed by atoms with Crippen LogP contribution in [0.25, 0.3) is 77.7 Å². The number of para-hydroxylation sites is 2. The predicted octanol–water partition coefficient (Wildman–Crippen LogP) is 11.0. The molecule has 6 heterocycles. The van der Waals surface area contributed by atoms with Gasteiger partial charge in [-0.3, -0.25) is 9.36 Å². The number of fused-ring (bicyclic) bond motifs is 7. The number of benzene rings is 6. The third kappa shape index (κ3) is 6.60. The van der Waals surface area contributed by atoms with E-state index in [2.05, 4.69) is 55.7 Å². The van der Waals surface area contributed by atoms with Gasteiger partial charge in [0, 0.05) is 57.2 Å². The second-order valence-corrected chi connectivity index (χ2v) is 14.1. The second kappa shape index (κ2) is 16.1. The molecule has 0 spiro atoms. The van der Waals surface area contributed by atoms with E-state index in [1.165, 1.54) is 0 Å². The van der Waals surface area contributed by atoms with Gasteiger partial charge in [0.15, 0.2) is 0 Å². The molecule has 6 aromatic carbocycles. The molecule has 0 bridgehead atoms. The molecule has 0 atom stereocenters. The molecule has 0 aliphatic carbocycles. The zero-order valence-corrected chi connectivity index (χ0v) is 36.7. The van der Waals surface area contributed by atoms with Crippen LogP contribution in [0.3, 0.4) is 0 Å². The molecule has 6 aromatic heterocycles. The van der Waals surface area contributed by atoms with Gasteiger partial charge >= 0.3 is 42.1 Å². The Kier molecular flexibility index (Phi) is 10.1. The summed E-state index contributed by atoms with van der Waals surface area (Å²) >= 11 is 0. The van der Waals surface area contributed by atoms with Gasteiger partial charge < -0.3 is 18.6 Å². The maximum Gasteiger partial charge on any atom is 2.00 e. The molecule has 12 aromatic rings. The van der Waals surface area contributed by atoms with Crippen LogP contribution in [0.15, 0.2) is 170 Å². The Balaban J connectivity index is 0.00000229. The maximum absolute atomic E-state index is 6.49. The molecule has 0 N–H and O–H groups in total. The van der Waals surface area contributed by atoms with Crippen molar-refractivity contribution in [1.29, 1.82) is 0 Å². The average molecular weight is 1160 g/mol. The van der Waals surface area contributed by atoms with Crippen LogP contribution in [0.5, 0.6) is 23.0 Å². The van der Waals surface area contributed by atoms with E-state index in [1.807, 2.05) is 155 Å². The van der Waals surface area contributed by atoms with E-state index in [0.29, 0.717) is 23.0 Å². The topological polar surface area (TPSA) is 89.7 Å². The van der Waals surface area contributed by atoms with Crippen molar-refractivity contribution in [3.05, 3.63) is 195 Å². The summed E-state index contributed by atoms with van der Waals surface area (Å²) in [6.07, 6.45) is 7.28. The largest absolute Gasteiger partial charge is 2.00 e. The van der Waals surface area contributed by atoms with Crippen LogP contribution in [-0.2, 0) is 42.1 Å². The first kappa shape index (κ1) is 39.0. The van der Waals surface area contributed by atoms with Crippen molar-refractivity contribution >= 4 is 54.6 Å². The Labute approximate surface area is 383 Å². The Bertz CT molecular complexity index is 3340. The van der Waals surface area contributed by atoms with Gasteiger partial charge in [-0.2, -0.15) is 34.5 Å². The van der Waals surface area contributed by atoms with E-state index in [9.17, 15) is 0 Å². The molecule has 62 heavy (non-hydrogen) atoms. The fraction of sp³-hybridized carbons (Fsp3) is 0. The summed E-state index contributed by atoms with van der Waals surface area (Å²) in [5, 5.41) is 13.2. The smallest absolute Gasteiger partial charge is 0.509 e. The fourth-order valence-electron chi connectivity index (χ4n) is 7.95. The third-order valence-electron chi connectivity index (χ3n) is 10.5. The van der Waals surface area contributed by atoms with Crippen molar-refractivity contribution in [3.63, 3.8) is 0 Å². The van der Waals surface area contributed by atoms with Crippen molar-refractivity contribution < 1.29 is 51.6 Å². The minimum Gasteiger partial charge on any atom is -0.509 e. The standard InChI is InChI=1S/C50H28N8O2.2Pt/c1-3-17-43-33(11-1)31-53-57(43)35-13-9-15-37(27-35)59-39-21-23-41-45(29-39)55(47-19-5-7-25-51-47)50-42-24-22-40(30-46(42)56(49(41)50)48-20-6-8-26-52-48)60-38-16-10-14-36(28-38)58-44-18-4-2-12-34(44)32-54-58;;/h1-26,31-32H;;/q-4;2*+2. The van der Waals surface area contributed by atoms with Crippen molar-refractivity contribution in [2.24, 2.45) is 0 Å². The Hall–Kier alpha value is -7.12. The molecular weight excluding hydrogens is 1130 g/mol. The molecule has 300 valence electrons. The van der Waals surface area contributed by atoms with E-state index in [1.54, 1.807) is 12.4 Å². The van der Waals surface area contributed by atoms with Crippen LogP contribution >= 0.6 is 0 Å². The Morgan fingerprint density at radius 1 is 0.403 bits per heavy atom. The fourth-order valence-corrected chi connectivity index (χ4v) is 7.95. The Morgan fingerprint density at radius 2 is 0.839 bits per heavy atom. The number of ether oxygens (including phenoxy) is 2. The Morgan fingerprint density at radius 3 is 1.29 bits per heavy atom. The summed E-state index contributed by atoms with van der Waals surface area (Å²) < 4.78 is 20.9. The van der Waals surface area contributed by atoms with Crippen LogP contribution in [-0.4, -0.2) is 38.7 Å². The van der Waals surface area contributed by atoms with Gasteiger partial charge in [-0.15, -0.1) is 60.7 Å². The molecule has 12 rings (SSSR count). The number of pyridine rings is 2. The first-order chi connectivity index (χ1) is 29.7. The van der Waals surface area contributed by atoms with Crippen molar-refractivity contribution in [3.8, 4) is 46.0 Å². The molecular formula is C50H28N8O2Pt2. The summed E-state index contributed by atoms with van der Waals surface area (Å²) in [4.78, 5) is 9.65. The van der Waals surface area contributed by atoms with Crippen LogP contribution < -0.4 is 9.47 Å². The van der Waals surface area contributed by atoms with Crippen LogP contribution in [0.4, 0.5) is 0 Å². The monoisotopic (exact) mass is 1160 g/mol. The first-order valence-corrected chi connectivity index (χ1v) is 19.3. The van der Waals surface area contributed by atoms with Crippen LogP contribution in [0.1, 0.15) is 0 Å². The second-order valence-electron chi connectivity index (χ2n) is 14.1. The number of nitrogens with zero attached hydrogens (tertiary/aromatic N) is 8. The normalized spacial score (nSPS) is 11.3. The van der Waals surface area contributed by atoms with Crippen molar-refractivity contribution in [2.45, 2.75) is 0 Å². The molecule has 0 amide bonds. The van der Waals surface area contributed by atoms with Crippen LogP contribution in [0, 0.1) is 24.3 Å². The number of hydrogen-bond acceptors (Lipinski definition) is 6. The van der Waals surface area contributed by atoms with Gasteiger partial charge in [0.25, 0.3) is 0 Å². The molecule has 0 aliphatic heterocycles. The van der Waals surface area contributed by atoms with E-state index < -0.39 is 0 Å². The van der Waals surface area contributed by atoms with E-state index in [4.69, 9.17) is 19.4 Å². The zero-order chi connectivity index (χ0) is 39.6. The molecule has 0 saturated heterocycles. The molecule has 10 nitrogen and oxygen atoms in total. The molecule has 0 fully saturated rings. The maximum atomic E-state index is 6.49. The quantitative estimate of drug-likeness (QED) is 0.141. The molecule has 0 radical (unpaired) electrons. The van der Waals surface area contributed by atoms with E-state index >= 15 is 0 Å². The molecule has 0 unspecified atom stereocenters. The zero-order valence-electron chi connectivity index (χ0n) is 32.2. The summed E-state index contributed by atoms with van der Waals surface area (Å²) in [5.74, 6) is 3.57. The van der Waals surface area contributed by atoms with Crippen molar-refractivity contribution in [1.82, 2.24) is 38.7 Å². The third-order valence-corrected chi connectivity index (χ3v) is 10.5. The number of hydrogen-bond donors (Lipinski definition) is 0. The summed E-state index contributed by atoms with van der Waals surface area (Å²) in [6.45, 7) is 0. The van der Waals surface area contributed by atoms with Crippen molar-refractivity contribution in [2.75, 3.05) is 0 Å². The first-order valence-electron chi connectivity index (χ1n) is 19.3. The molecule has 0 saturated carbocycles. The van der Waals surface area contributed by atoms with Gasteiger partial charge in [-0.1, -0.05) is 70.3 Å². The van der Waals surface area contributed by atoms with Gasteiger partial charge in [-0.25, -0.2) is 9.97 Å². The molecule has 0 aliphatic rings. The van der Waals surface area contributed by atoms with Gasteiger partial charge in [0.05, 0.1) is 23.4 Å². The predicted molar refractivity (Wildman–Crippen MR) is 231 cm³/mol. The van der Waals surface area contributed by atoms with Gasteiger partial charge in [0.1, 0.15) is 11.6 Å². The summed E-state index contributed by atoms with van der Waals surface area (Å²) in [6, 6.07) is 61.5.